The average Bonchev–Trinajstić information content (AvgIpc) is 2.33. The Balaban J connectivity index is 2.39. The van der Waals surface area contributed by atoms with Gasteiger partial charge >= 0.3 is 0 Å². The normalized spacial score (nSPS) is 10.3. The molecule has 0 aliphatic carbocycles. The first-order valence-electron chi connectivity index (χ1n) is 5.17. The molecule has 0 unspecified atom stereocenters. The van der Waals surface area contributed by atoms with Crippen LogP contribution in [0.3, 0.4) is 0 Å². The number of ketones is 1. The fourth-order valence-corrected chi connectivity index (χ4v) is 1.46. The van der Waals surface area contributed by atoms with Crippen molar-refractivity contribution >= 4 is 5.78 Å². The number of halogens is 1. The van der Waals surface area contributed by atoms with Gasteiger partial charge in [-0.05, 0) is 30.7 Å². The highest BCUT2D eigenvalue weighted by molar-refractivity contribution is 5.91. The van der Waals surface area contributed by atoms with Gasteiger partial charge in [0.15, 0.2) is 5.78 Å². The SMILES string of the molecule is CC(=O)c1cnc(-c2ccc(F)c(C)c2)cn1. The van der Waals surface area contributed by atoms with Gasteiger partial charge in [-0.15, -0.1) is 0 Å². The third kappa shape index (κ3) is 2.36. The van der Waals surface area contributed by atoms with Gasteiger partial charge in [-0.25, -0.2) is 9.37 Å². The van der Waals surface area contributed by atoms with Crippen LogP contribution in [0.2, 0.25) is 0 Å². The maximum Gasteiger partial charge on any atom is 0.179 e. The minimum atomic E-state index is -0.248. The largest absolute Gasteiger partial charge is 0.293 e. The van der Waals surface area contributed by atoms with Crippen molar-refractivity contribution < 1.29 is 9.18 Å². The number of benzene rings is 1. The lowest BCUT2D eigenvalue weighted by Crippen LogP contribution is -1.98. The highest BCUT2D eigenvalue weighted by Crippen LogP contribution is 2.19. The van der Waals surface area contributed by atoms with Gasteiger partial charge in [0.1, 0.15) is 11.5 Å². The zero-order chi connectivity index (χ0) is 12.4. The zero-order valence-electron chi connectivity index (χ0n) is 9.57. The van der Waals surface area contributed by atoms with E-state index in [0.29, 0.717) is 17.0 Å². The third-order valence-electron chi connectivity index (χ3n) is 2.47. The van der Waals surface area contributed by atoms with Crippen molar-refractivity contribution in [3.8, 4) is 11.3 Å². The second-order valence-corrected chi connectivity index (χ2v) is 3.81. The van der Waals surface area contributed by atoms with Crippen LogP contribution in [0, 0.1) is 12.7 Å². The quantitative estimate of drug-likeness (QED) is 0.745. The van der Waals surface area contributed by atoms with Gasteiger partial charge in [0.25, 0.3) is 0 Å². The lowest BCUT2D eigenvalue weighted by molar-refractivity contribution is 0.101. The fourth-order valence-electron chi connectivity index (χ4n) is 1.46. The van der Waals surface area contributed by atoms with Crippen LogP contribution in [0.4, 0.5) is 4.39 Å². The average molecular weight is 230 g/mol. The summed E-state index contributed by atoms with van der Waals surface area (Å²) in [6.45, 7) is 3.13. The molecule has 1 aromatic heterocycles. The first-order valence-corrected chi connectivity index (χ1v) is 5.17. The molecule has 2 rings (SSSR count). The fraction of sp³-hybridized carbons (Fsp3) is 0.154. The third-order valence-corrected chi connectivity index (χ3v) is 2.47. The Bertz CT molecular complexity index is 564. The topological polar surface area (TPSA) is 42.9 Å². The van der Waals surface area contributed by atoms with E-state index in [-0.39, 0.29) is 11.6 Å². The Hall–Kier alpha value is -2.10. The summed E-state index contributed by atoms with van der Waals surface area (Å²) in [5.41, 5.74) is 2.29. The standard InChI is InChI=1S/C13H11FN2O/c1-8-5-10(3-4-11(8)14)13-7-15-12(6-16-13)9(2)17/h3-7H,1-2H3. The van der Waals surface area contributed by atoms with Gasteiger partial charge in [-0.3, -0.25) is 9.78 Å². The number of carbonyl (C=O) groups is 1. The summed E-state index contributed by atoms with van der Waals surface area (Å²) in [6, 6.07) is 4.73. The Labute approximate surface area is 98.3 Å². The predicted octanol–water partition coefficient (Wildman–Crippen LogP) is 2.79. The van der Waals surface area contributed by atoms with Gasteiger partial charge in [0, 0.05) is 12.5 Å². The van der Waals surface area contributed by atoms with Gasteiger partial charge < -0.3 is 0 Å². The number of aryl methyl sites for hydroxylation is 1. The van der Waals surface area contributed by atoms with Gasteiger partial charge in [0.2, 0.25) is 0 Å². The van der Waals surface area contributed by atoms with Crippen molar-refractivity contribution in [1.29, 1.82) is 0 Å². The van der Waals surface area contributed by atoms with Crippen molar-refractivity contribution in [3.63, 3.8) is 0 Å². The van der Waals surface area contributed by atoms with Gasteiger partial charge in [-0.2, -0.15) is 0 Å². The molecule has 0 fully saturated rings. The van der Waals surface area contributed by atoms with Crippen LogP contribution in [-0.2, 0) is 0 Å². The van der Waals surface area contributed by atoms with Crippen molar-refractivity contribution in [2.45, 2.75) is 13.8 Å². The van der Waals surface area contributed by atoms with Crippen molar-refractivity contribution in [2.75, 3.05) is 0 Å². The molecule has 0 bridgehead atoms. The Kier molecular flexibility index (Phi) is 2.95. The van der Waals surface area contributed by atoms with Crippen LogP contribution in [0.15, 0.2) is 30.6 Å². The number of carbonyl (C=O) groups excluding carboxylic acids is 1. The highest BCUT2D eigenvalue weighted by Gasteiger charge is 2.05. The molecule has 0 aliphatic heterocycles. The Morgan fingerprint density at radius 3 is 2.53 bits per heavy atom. The molecule has 0 N–H and O–H groups in total. The van der Waals surface area contributed by atoms with Gasteiger partial charge in [0.05, 0.1) is 18.1 Å². The molecule has 0 radical (unpaired) electrons. The Morgan fingerprint density at radius 2 is 2.00 bits per heavy atom. The smallest absolute Gasteiger partial charge is 0.179 e. The highest BCUT2D eigenvalue weighted by atomic mass is 19.1. The molecule has 86 valence electrons. The summed E-state index contributed by atoms with van der Waals surface area (Å²) in [5, 5.41) is 0. The van der Waals surface area contributed by atoms with Gasteiger partial charge in [-0.1, -0.05) is 0 Å². The van der Waals surface area contributed by atoms with E-state index < -0.39 is 0 Å². The van der Waals surface area contributed by atoms with Crippen LogP contribution in [0.25, 0.3) is 11.3 Å². The lowest BCUT2D eigenvalue weighted by atomic mass is 10.1. The Morgan fingerprint density at radius 1 is 1.24 bits per heavy atom. The number of nitrogens with zero attached hydrogens (tertiary/aromatic N) is 2. The molecule has 2 aromatic rings. The zero-order valence-corrected chi connectivity index (χ0v) is 9.57. The summed E-state index contributed by atoms with van der Waals surface area (Å²) < 4.78 is 13.1. The van der Waals surface area contributed by atoms with Crippen LogP contribution in [0.1, 0.15) is 23.0 Å². The lowest BCUT2D eigenvalue weighted by Gasteiger charge is -2.03. The molecule has 0 amide bonds. The number of aromatic nitrogens is 2. The number of hydrogen-bond acceptors (Lipinski definition) is 3. The van der Waals surface area contributed by atoms with Crippen LogP contribution >= 0.6 is 0 Å². The minimum Gasteiger partial charge on any atom is -0.293 e. The summed E-state index contributed by atoms with van der Waals surface area (Å²) in [7, 11) is 0. The molecular formula is C13H11FN2O. The van der Waals surface area contributed by atoms with Crippen LogP contribution in [-0.4, -0.2) is 15.8 Å². The number of Topliss-reactive ketones (excluding diaryl/α,β-unsaturated/α-hetero) is 1. The monoisotopic (exact) mass is 230 g/mol. The molecular weight excluding hydrogens is 219 g/mol. The van der Waals surface area contributed by atoms with E-state index in [1.54, 1.807) is 19.1 Å². The summed E-state index contributed by atoms with van der Waals surface area (Å²) in [6.07, 6.45) is 2.94. The van der Waals surface area contributed by atoms with Crippen molar-refractivity contribution in [2.24, 2.45) is 0 Å². The van der Waals surface area contributed by atoms with E-state index in [9.17, 15) is 9.18 Å². The van der Waals surface area contributed by atoms with E-state index in [1.807, 2.05) is 0 Å². The number of hydrogen-bond donors (Lipinski definition) is 0. The molecule has 1 aromatic carbocycles. The molecule has 3 nitrogen and oxygen atoms in total. The second-order valence-electron chi connectivity index (χ2n) is 3.81. The molecule has 0 atom stereocenters. The predicted molar refractivity (Wildman–Crippen MR) is 62.2 cm³/mol. The summed E-state index contributed by atoms with van der Waals surface area (Å²) in [4.78, 5) is 19.2. The summed E-state index contributed by atoms with van der Waals surface area (Å²) >= 11 is 0. The van der Waals surface area contributed by atoms with Crippen molar-refractivity contribution in [1.82, 2.24) is 9.97 Å². The van der Waals surface area contributed by atoms with E-state index in [1.165, 1.54) is 25.4 Å². The summed E-state index contributed by atoms with van der Waals surface area (Å²) in [5.74, 6) is -0.374. The minimum absolute atomic E-state index is 0.126. The molecule has 0 spiro atoms. The first kappa shape index (κ1) is 11.4. The molecule has 0 saturated heterocycles. The second kappa shape index (κ2) is 4.41. The van der Waals surface area contributed by atoms with Crippen molar-refractivity contribution in [3.05, 3.63) is 47.7 Å². The number of rotatable bonds is 2. The van der Waals surface area contributed by atoms with Crippen LogP contribution in [0.5, 0.6) is 0 Å². The van der Waals surface area contributed by atoms with E-state index >= 15 is 0 Å². The molecule has 0 saturated carbocycles. The molecule has 0 aliphatic rings. The molecule has 4 heteroatoms. The van der Waals surface area contributed by atoms with Crippen LogP contribution < -0.4 is 0 Å². The maximum absolute atomic E-state index is 13.1. The molecule has 17 heavy (non-hydrogen) atoms. The maximum atomic E-state index is 13.1. The van der Waals surface area contributed by atoms with E-state index in [2.05, 4.69) is 9.97 Å². The first-order chi connectivity index (χ1) is 8.08. The van der Waals surface area contributed by atoms with E-state index in [0.717, 1.165) is 5.56 Å². The molecule has 1 heterocycles. The van der Waals surface area contributed by atoms with E-state index in [4.69, 9.17) is 0 Å².